The van der Waals surface area contributed by atoms with Crippen LogP contribution < -0.4 is 9.80 Å². The minimum Gasteiger partial charge on any atom is -0.444 e. The minimum atomic E-state index is -0.481. The molecule has 1 atom stereocenters. The third-order valence-corrected chi connectivity index (χ3v) is 4.68. The highest BCUT2D eigenvalue weighted by Crippen LogP contribution is 2.24. The highest BCUT2D eigenvalue weighted by molar-refractivity contribution is 5.68. The normalized spacial score (nSPS) is 17.8. The van der Waals surface area contributed by atoms with Gasteiger partial charge in [-0.05, 0) is 47.5 Å². The molecule has 2 heterocycles. The number of carbonyl (C=O) groups is 1. The predicted molar refractivity (Wildman–Crippen MR) is 105 cm³/mol. The van der Waals surface area contributed by atoms with Gasteiger partial charge in [0.05, 0.1) is 6.04 Å². The van der Waals surface area contributed by atoms with Gasteiger partial charge < -0.3 is 19.4 Å². The van der Waals surface area contributed by atoms with Crippen LogP contribution in [0.2, 0.25) is 0 Å². The van der Waals surface area contributed by atoms with Gasteiger partial charge in [-0.3, -0.25) is 0 Å². The number of hydrogen-bond acceptors (Lipinski definition) is 6. The molecule has 7 nitrogen and oxygen atoms in total. The van der Waals surface area contributed by atoms with Crippen LogP contribution in [0.5, 0.6) is 0 Å². The number of amides is 1. The Morgan fingerprint density at radius 3 is 2.62 bits per heavy atom. The third kappa shape index (κ3) is 5.22. The molecule has 0 spiro atoms. The third-order valence-electron chi connectivity index (χ3n) is 4.68. The molecule has 0 radical (unpaired) electrons. The van der Waals surface area contributed by atoms with Gasteiger partial charge in [0, 0.05) is 39.3 Å². The maximum Gasteiger partial charge on any atom is 0.410 e. The van der Waals surface area contributed by atoms with E-state index < -0.39 is 5.60 Å². The van der Waals surface area contributed by atoms with Crippen LogP contribution in [0.3, 0.4) is 0 Å². The fraction of sp³-hybridized carbons (Fsp3) is 0.737. The molecule has 1 aliphatic rings. The van der Waals surface area contributed by atoms with Gasteiger partial charge >= 0.3 is 6.09 Å². The maximum absolute atomic E-state index is 12.4. The van der Waals surface area contributed by atoms with Gasteiger partial charge in [-0.25, -0.2) is 14.8 Å². The van der Waals surface area contributed by atoms with Crippen LogP contribution in [0.1, 0.15) is 47.5 Å². The first-order chi connectivity index (χ1) is 12.2. The lowest BCUT2D eigenvalue weighted by molar-refractivity contribution is 0.0209. The Morgan fingerprint density at radius 2 is 2.00 bits per heavy atom. The summed E-state index contributed by atoms with van der Waals surface area (Å²) in [5.74, 6) is 1.87. The van der Waals surface area contributed by atoms with Gasteiger partial charge in [-0.1, -0.05) is 0 Å². The van der Waals surface area contributed by atoms with E-state index in [0.29, 0.717) is 0 Å². The summed E-state index contributed by atoms with van der Waals surface area (Å²) in [6, 6.07) is 2.16. The molecule has 1 saturated heterocycles. The molecule has 1 unspecified atom stereocenters. The summed E-state index contributed by atoms with van der Waals surface area (Å²) >= 11 is 0. The molecule has 26 heavy (non-hydrogen) atoms. The Morgan fingerprint density at radius 1 is 1.31 bits per heavy atom. The Hall–Kier alpha value is -2.05. The Balaban J connectivity index is 2.08. The van der Waals surface area contributed by atoms with Crippen molar-refractivity contribution in [2.45, 2.75) is 59.1 Å². The average molecular weight is 364 g/mol. The molecule has 1 amide bonds. The summed E-state index contributed by atoms with van der Waals surface area (Å²) in [7, 11) is 1.82. The number of likely N-dealkylation sites (N-methyl/N-ethyl adjacent to an activating group) is 1. The van der Waals surface area contributed by atoms with Crippen molar-refractivity contribution in [1.29, 1.82) is 0 Å². The molecule has 146 valence electrons. The van der Waals surface area contributed by atoms with Crippen LogP contribution >= 0.6 is 0 Å². The quantitative estimate of drug-likeness (QED) is 0.801. The van der Waals surface area contributed by atoms with E-state index >= 15 is 0 Å². The van der Waals surface area contributed by atoms with Crippen molar-refractivity contribution in [3.8, 4) is 0 Å². The SMILES string of the molecule is CCN(CC)c1cc(N2CCCC(N(C)C(=O)OC(C)(C)C)C2)ncn1. The lowest BCUT2D eigenvalue weighted by atomic mass is 10.0. The van der Waals surface area contributed by atoms with Crippen molar-refractivity contribution in [3.63, 3.8) is 0 Å². The van der Waals surface area contributed by atoms with Crippen LogP contribution in [0, 0.1) is 0 Å². The van der Waals surface area contributed by atoms with Gasteiger partial charge in [0.25, 0.3) is 0 Å². The summed E-state index contributed by atoms with van der Waals surface area (Å²) in [5.41, 5.74) is -0.481. The van der Waals surface area contributed by atoms with Gasteiger partial charge in [0.1, 0.15) is 23.6 Å². The largest absolute Gasteiger partial charge is 0.444 e. The second kappa shape index (κ2) is 8.56. The van der Waals surface area contributed by atoms with Crippen LogP contribution in [0.15, 0.2) is 12.4 Å². The van der Waals surface area contributed by atoms with E-state index in [2.05, 4.69) is 33.6 Å². The molecule has 0 N–H and O–H groups in total. The van der Waals surface area contributed by atoms with Gasteiger partial charge in [-0.15, -0.1) is 0 Å². The van der Waals surface area contributed by atoms with E-state index in [9.17, 15) is 4.79 Å². The molecular weight excluding hydrogens is 330 g/mol. The Bertz CT molecular complexity index is 598. The maximum atomic E-state index is 12.4. The number of piperidine rings is 1. The monoisotopic (exact) mass is 363 g/mol. The number of aromatic nitrogens is 2. The highest BCUT2D eigenvalue weighted by atomic mass is 16.6. The zero-order valence-electron chi connectivity index (χ0n) is 17.0. The molecule has 1 aromatic heterocycles. The van der Waals surface area contributed by atoms with Crippen molar-refractivity contribution >= 4 is 17.7 Å². The standard InChI is InChI=1S/C19H33N5O2/c1-7-23(8-2)16-12-17(21-14-20-16)24-11-9-10-15(13-24)22(6)18(25)26-19(3,4)5/h12,14-15H,7-11,13H2,1-6H3. The van der Waals surface area contributed by atoms with Crippen molar-refractivity contribution in [2.75, 3.05) is 43.0 Å². The van der Waals surface area contributed by atoms with Crippen LogP contribution in [0.25, 0.3) is 0 Å². The van der Waals surface area contributed by atoms with E-state index in [1.54, 1.807) is 11.2 Å². The van der Waals surface area contributed by atoms with E-state index in [-0.39, 0.29) is 12.1 Å². The average Bonchev–Trinajstić information content (AvgIpc) is 2.61. The van der Waals surface area contributed by atoms with Crippen molar-refractivity contribution in [3.05, 3.63) is 12.4 Å². The second-order valence-electron chi connectivity index (χ2n) is 7.74. The second-order valence-corrected chi connectivity index (χ2v) is 7.74. The van der Waals surface area contributed by atoms with Crippen LogP contribution in [0.4, 0.5) is 16.4 Å². The number of nitrogens with zero attached hydrogens (tertiary/aromatic N) is 5. The summed E-state index contributed by atoms with van der Waals surface area (Å²) in [6.45, 7) is 13.4. The lowest BCUT2D eigenvalue weighted by Crippen LogP contribution is -2.50. The van der Waals surface area contributed by atoms with Crippen molar-refractivity contribution in [1.82, 2.24) is 14.9 Å². The van der Waals surface area contributed by atoms with Crippen LogP contribution in [-0.2, 0) is 4.74 Å². The van der Waals surface area contributed by atoms with Gasteiger partial charge in [-0.2, -0.15) is 0 Å². The number of anilines is 2. The zero-order valence-corrected chi connectivity index (χ0v) is 17.0. The molecule has 0 aromatic carbocycles. The molecule has 1 aliphatic heterocycles. The number of ether oxygens (including phenoxy) is 1. The predicted octanol–water partition coefficient (Wildman–Crippen LogP) is 3.16. The smallest absolute Gasteiger partial charge is 0.410 e. The zero-order chi connectivity index (χ0) is 19.3. The molecule has 7 heteroatoms. The highest BCUT2D eigenvalue weighted by Gasteiger charge is 2.29. The van der Waals surface area contributed by atoms with Gasteiger partial charge in [0.2, 0.25) is 0 Å². The van der Waals surface area contributed by atoms with Crippen molar-refractivity contribution < 1.29 is 9.53 Å². The fourth-order valence-electron chi connectivity index (χ4n) is 3.19. The summed E-state index contributed by atoms with van der Waals surface area (Å²) in [4.78, 5) is 27.4. The first kappa shape index (κ1) is 20.3. The molecule has 0 aliphatic carbocycles. The number of carbonyl (C=O) groups excluding carboxylic acids is 1. The first-order valence-corrected chi connectivity index (χ1v) is 9.53. The lowest BCUT2D eigenvalue weighted by Gasteiger charge is -2.38. The number of rotatable bonds is 5. The topological polar surface area (TPSA) is 61.8 Å². The molecule has 2 rings (SSSR count). The van der Waals surface area contributed by atoms with E-state index in [1.807, 2.05) is 33.9 Å². The summed E-state index contributed by atoms with van der Waals surface area (Å²) in [6.07, 6.45) is 3.35. The number of hydrogen-bond donors (Lipinski definition) is 0. The van der Waals surface area contributed by atoms with E-state index in [0.717, 1.165) is 50.7 Å². The molecule has 1 fully saturated rings. The molecular formula is C19H33N5O2. The molecule has 1 aromatic rings. The van der Waals surface area contributed by atoms with E-state index in [1.165, 1.54) is 0 Å². The van der Waals surface area contributed by atoms with E-state index in [4.69, 9.17) is 4.74 Å². The Kier molecular flexibility index (Phi) is 6.67. The summed E-state index contributed by atoms with van der Waals surface area (Å²) in [5, 5.41) is 0. The van der Waals surface area contributed by atoms with Crippen molar-refractivity contribution in [2.24, 2.45) is 0 Å². The van der Waals surface area contributed by atoms with Gasteiger partial charge in [0.15, 0.2) is 0 Å². The summed E-state index contributed by atoms with van der Waals surface area (Å²) < 4.78 is 5.51. The first-order valence-electron chi connectivity index (χ1n) is 9.53. The van der Waals surface area contributed by atoms with Crippen LogP contribution in [-0.4, -0.2) is 65.8 Å². The minimum absolute atomic E-state index is 0.116. The fourth-order valence-corrected chi connectivity index (χ4v) is 3.19. The Labute approximate surface area is 157 Å². The molecule has 0 bridgehead atoms. The molecule has 0 saturated carbocycles.